The standard InChI is InChI=1S/C99H73F2N5/c1-61-57-58-73-70-42-18-27-51-81(70)104(94(73)88(61)72-44-14-13-37-65(72)62(2)63-33-9-7-10-34-63)97-92(98(3,4)105-83-53-29-19-38-66(83)67-39-20-30-54-84(67)105)90(75-45-15-24-48-78(75)100)96(91(76-46-16-25-49-79(76)101)93(97)99(5,6)106-85-55-31-21-40-68(85)69-41-22-32-56-86(69)106)103-80-50-26-17-43-71(80)74-59-60-87-89(95(74)103)77-47-23-28-52-82(77)102(87)64-35-11-8-12-36-64/h7-60,62H,1-6H3. The summed E-state index contributed by atoms with van der Waals surface area (Å²) in [4.78, 5) is 0. The maximum atomic E-state index is 19.6. The molecule has 0 aliphatic rings. The highest BCUT2D eigenvalue weighted by molar-refractivity contribution is 6.27. The topological polar surface area (TPSA) is 24.6 Å². The van der Waals surface area contributed by atoms with Gasteiger partial charge in [0.25, 0.3) is 0 Å². The van der Waals surface area contributed by atoms with E-state index < -0.39 is 22.7 Å². The van der Waals surface area contributed by atoms with Crippen LogP contribution < -0.4 is 0 Å². The Labute approximate surface area is 612 Å². The fraction of sp³-hybridized carbons (Fsp3) is 0.0909. The Morgan fingerprint density at radius 2 is 0.642 bits per heavy atom. The van der Waals surface area contributed by atoms with Gasteiger partial charge in [0.05, 0.1) is 55.6 Å². The first-order chi connectivity index (χ1) is 51.9. The van der Waals surface area contributed by atoms with Crippen molar-refractivity contribution in [3.8, 4) is 50.4 Å². The van der Waals surface area contributed by atoms with Crippen LogP contribution >= 0.6 is 0 Å². The molecule has 1 unspecified atom stereocenters. The van der Waals surface area contributed by atoms with Gasteiger partial charge < -0.3 is 22.8 Å². The van der Waals surface area contributed by atoms with Crippen molar-refractivity contribution in [3.05, 3.63) is 367 Å². The highest BCUT2D eigenvalue weighted by Crippen LogP contribution is 2.59. The van der Waals surface area contributed by atoms with Crippen LogP contribution in [-0.2, 0) is 11.1 Å². The number of benzene rings is 15. The van der Waals surface area contributed by atoms with Crippen molar-refractivity contribution >= 4 is 109 Å². The molecule has 20 rings (SSSR count). The minimum Gasteiger partial charge on any atom is -0.331 e. The van der Waals surface area contributed by atoms with E-state index in [9.17, 15) is 0 Å². The largest absolute Gasteiger partial charge is 0.331 e. The molecule has 0 aliphatic carbocycles. The van der Waals surface area contributed by atoms with Gasteiger partial charge in [-0.3, -0.25) is 0 Å². The average molecular weight is 1370 g/mol. The highest BCUT2D eigenvalue weighted by atomic mass is 19.1. The lowest BCUT2D eigenvalue weighted by Gasteiger charge is -2.42. The van der Waals surface area contributed by atoms with E-state index in [-0.39, 0.29) is 5.92 Å². The van der Waals surface area contributed by atoms with Gasteiger partial charge in [-0.05, 0) is 130 Å². The molecule has 0 spiro atoms. The summed E-state index contributed by atoms with van der Waals surface area (Å²) >= 11 is 0. The van der Waals surface area contributed by atoms with Crippen molar-refractivity contribution in [2.75, 3.05) is 0 Å². The zero-order valence-electron chi connectivity index (χ0n) is 59.7. The van der Waals surface area contributed by atoms with Gasteiger partial charge in [-0.25, -0.2) is 8.78 Å². The van der Waals surface area contributed by atoms with Crippen LogP contribution in [0.4, 0.5) is 8.78 Å². The summed E-state index contributed by atoms with van der Waals surface area (Å²) in [5.41, 5.74) is 19.1. The van der Waals surface area contributed by atoms with Gasteiger partial charge >= 0.3 is 0 Å². The van der Waals surface area contributed by atoms with Crippen molar-refractivity contribution in [3.63, 3.8) is 0 Å². The number of fused-ring (bicyclic) bond motifs is 16. The fourth-order valence-corrected chi connectivity index (χ4v) is 18.8. The molecule has 0 amide bonds. The van der Waals surface area contributed by atoms with E-state index in [1.165, 1.54) is 11.1 Å². The molecule has 0 bridgehead atoms. The second-order valence-electron chi connectivity index (χ2n) is 29.6. The van der Waals surface area contributed by atoms with E-state index in [0.717, 1.165) is 148 Å². The van der Waals surface area contributed by atoms with Crippen LogP contribution in [0.15, 0.2) is 328 Å². The van der Waals surface area contributed by atoms with E-state index >= 15 is 8.78 Å². The number of para-hydroxylation sites is 8. The van der Waals surface area contributed by atoms with E-state index in [1.807, 2.05) is 24.3 Å². The minimum absolute atomic E-state index is 0.0153. The van der Waals surface area contributed by atoms with Gasteiger partial charge in [0.1, 0.15) is 11.6 Å². The van der Waals surface area contributed by atoms with Crippen LogP contribution in [0.25, 0.3) is 159 Å². The van der Waals surface area contributed by atoms with Crippen LogP contribution in [0.3, 0.4) is 0 Å². The summed E-state index contributed by atoms with van der Waals surface area (Å²) in [6, 6.07) is 115. The van der Waals surface area contributed by atoms with Crippen molar-refractivity contribution in [2.45, 2.75) is 58.5 Å². The van der Waals surface area contributed by atoms with Crippen LogP contribution in [-0.4, -0.2) is 22.8 Å². The molecular weight excluding hydrogens is 1300 g/mol. The van der Waals surface area contributed by atoms with Crippen molar-refractivity contribution in [2.24, 2.45) is 0 Å². The normalized spacial score (nSPS) is 12.7. The lowest BCUT2D eigenvalue weighted by atomic mass is 9.74. The molecule has 508 valence electrons. The van der Waals surface area contributed by atoms with Crippen molar-refractivity contribution in [1.29, 1.82) is 0 Å². The van der Waals surface area contributed by atoms with Gasteiger partial charge in [0.15, 0.2) is 0 Å². The molecule has 7 heteroatoms. The zero-order valence-corrected chi connectivity index (χ0v) is 59.7. The molecule has 20 aromatic rings. The van der Waals surface area contributed by atoms with Crippen LogP contribution in [0.2, 0.25) is 0 Å². The number of rotatable bonds is 12. The van der Waals surface area contributed by atoms with E-state index in [1.54, 1.807) is 24.3 Å². The number of aryl methyl sites for hydroxylation is 1. The molecule has 5 aromatic heterocycles. The number of aromatic nitrogens is 5. The molecule has 15 aromatic carbocycles. The second-order valence-corrected chi connectivity index (χ2v) is 29.6. The Balaban J connectivity index is 1.13. The molecule has 5 heterocycles. The van der Waals surface area contributed by atoms with Crippen LogP contribution in [0.1, 0.15) is 68.4 Å². The second kappa shape index (κ2) is 23.9. The maximum absolute atomic E-state index is 19.6. The van der Waals surface area contributed by atoms with Gasteiger partial charge in [-0.15, -0.1) is 0 Å². The summed E-state index contributed by atoms with van der Waals surface area (Å²) in [7, 11) is 0. The molecule has 1 atom stereocenters. The SMILES string of the molecule is Cc1ccc2c3ccccc3n(-c3c(C(C)(C)n4c5ccccc5c5ccccc54)c(-c4ccccc4F)c(-n4c5ccccc5c5ccc6c(c7ccccc7n6-c6ccccc6)c54)c(-c4ccccc4F)c3C(C)(C)n3c4ccccc4c4ccccc43)c2c1-c1ccccc1C(C)c1ccccc1. The highest BCUT2D eigenvalue weighted by Gasteiger charge is 2.45. The van der Waals surface area contributed by atoms with Crippen molar-refractivity contribution < 1.29 is 8.78 Å². The third-order valence-electron chi connectivity index (χ3n) is 23.2. The molecule has 5 nitrogen and oxygen atoms in total. The predicted molar refractivity (Wildman–Crippen MR) is 440 cm³/mol. The Hall–Kier alpha value is -12.8. The lowest BCUT2D eigenvalue weighted by molar-refractivity contribution is 0.447. The summed E-state index contributed by atoms with van der Waals surface area (Å²) < 4.78 is 51.6. The van der Waals surface area contributed by atoms with Gasteiger partial charge in [-0.1, -0.05) is 262 Å². The molecule has 0 radical (unpaired) electrons. The third kappa shape index (κ3) is 8.99. The first-order valence-corrected chi connectivity index (χ1v) is 36.8. The van der Waals surface area contributed by atoms with Crippen LogP contribution in [0.5, 0.6) is 0 Å². The molecule has 0 aliphatic heterocycles. The fourth-order valence-electron chi connectivity index (χ4n) is 18.8. The minimum atomic E-state index is -1.19. The van der Waals surface area contributed by atoms with E-state index in [0.29, 0.717) is 27.9 Å². The average Bonchev–Trinajstić information content (AvgIpc) is 1.37. The number of nitrogens with zero attached hydrogens (tertiary/aromatic N) is 5. The van der Waals surface area contributed by atoms with Gasteiger partial charge in [0.2, 0.25) is 0 Å². The van der Waals surface area contributed by atoms with E-state index in [2.05, 4.69) is 343 Å². The maximum Gasteiger partial charge on any atom is 0.131 e. The Bertz CT molecular complexity index is 6710. The van der Waals surface area contributed by atoms with E-state index in [4.69, 9.17) is 0 Å². The summed E-state index contributed by atoms with van der Waals surface area (Å²) in [5.74, 6) is -0.854. The van der Waals surface area contributed by atoms with Gasteiger partial charge in [-0.2, -0.15) is 0 Å². The molecule has 0 fully saturated rings. The molecule has 0 saturated carbocycles. The smallest absolute Gasteiger partial charge is 0.131 e. The number of hydrogen-bond acceptors (Lipinski definition) is 0. The molecular formula is C99H73F2N5. The summed E-state index contributed by atoms with van der Waals surface area (Å²) in [5, 5.41) is 10.5. The quantitative estimate of drug-likeness (QED) is 0.116. The molecule has 106 heavy (non-hydrogen) atoms. The third-order valence-corrected chi connectivity index (χ3v) is 23.2. The first kappa shape index (κ1) is 62.9. The monoisotopic (exact) mass is 1370 g/mol. The van der Waals surface area contributed by atoms with Crippen molar-refractivity contribution in [1.82, 2.24) is 22.8 Å². The Kier molecular flexibility index (Phi) is 14.2. The zero-order chi connectivity index (χ0) is 71.4. The Morgan fingerprint density at radius 1 is 0.283 bits per heavy atom. The number of halogens is 2. The molecule has 0 N–H and O–H groups in total. The van der Waals surface area contributed by atoms with Gasteiger partial charge in [0, 0.05) is 126 Å². The van der Waals surface area contributed by atoms with Crippen LogP contribution in [0, 0.1) is 18.6 Å². The lowest BCUT2D eigenvalue weighted by Crippen LogP contribution is -2.36. The molecule has 0 saturated heterocycles. The summed E-state index contributed by atoms with van der Waals surface area (Å²) in [6.07, 6.45) is 0. The first-order valence-electron chi connectivity index (χ1n) is 36.8. The summed E-state index contributed by atoms with van der Waals surface area (Å²) in [6.45, 7) is 14.0. The number of hydrogen-bond donors (Lipinski definition) is 0. The predicted octanol–water partition coefficient (Wildman–Crippen LogP) is 26.5. The Morgan fingerprint density at radius 3 is 1.12 bits per heavy atom.